The van der Waals surface area contributed by atoms with E-state index in [4.69, 9.17) is 4.74 Å². The van der Waals surface area contributed by atoms with Gasteiger partial charge in [-0.3, -0.25) is 4.79 Å². The standard InChI is InChI=1S/C18H21N3O2/c1-23-18(22)14-7-8-15(12-14)20-16-9-10-19-17(21-16)11-13-5-3-2-4-6-13/h2-6,9-10,14-15H,7-8,11-12H2,1H3,(H,19,20,21)/t14-,15+/m0/s1. The molecule has 2 atom stereocenters. The van der Waals surface area contributed by atoms with E-state index in [0.717, 1.165) is 30.9 Å². The minimum atomic E-state index is -0.109. The highest BCUT2D eigenvalue weighted by Gasteiger charge is 2.30. The zero-order valence-corrected chi connectivity index (χ0v) is 13.2. The number of methoxy groups -OCH3 is 1. The van der Waals surface area contributed by atoms with Gasteiger partial charge in [0.1, 0.15) is 11.6 Å². The zero-order chi connectivity index (χ0) is 16.1. The van der Waals surface area contributed by atoms with Crippen molar-refractivity contribution in [2.75, 3.05) is 12.4 Å². The molecule has 0 aliphatic heterocycles. The van der Waals surface area contributed by atoms with Crippen LogP contribution in [0.4, 0.5) is 5.82 Å². The molecule has 1 heterocycles. The van der Waals surface area contributed by atoms with Crippen LogP contribution in [0.15, 0.2) is 42.6 Å². The molecule has 0 amide bonds. The van der Waals surface area contributed by atoms with E-state index in [1.807, 2.05) is 24.3 Å². The summed E-state index contributed by atoms with van der Waals surface area (Å²) in [5.41, 5.74) is 1.19. The largest absolute Gasteiger partial charge is 0.469 e. The van der Waals surface area contributed by atoms with Gasteiger partial charge in [0.2, 0.25) is 0 Å². The molecule has 0 bridgehead atoms. The number of carbonyl (C=O) groups is 1. The second-order valence-corrected chi connectivity index (χ2v) is 5.89. The molecule has 120 valence electrons. The van der Waals surface area contributed by atoms with Crippen LogP contribution < -0.4 is 5.32 Å². The molecule has 0 saturated heterocycles. The van der Waals surface area contributed by atoms with Crippen LogP contribution in [0.1, 0.15) is 30.7 Å². The molecule has 1 fully saturated rings. The Kier molecular flexibility index (Phi) is 4.86. The van der Waals surface area contributed by atoms with E-state index in [1.54, 1.807) is 6.20 Å². The number of ether oxygens (including phenoxy) is 1. The van der Waals surface area contributed by atoms with Crippen LogP contribution in [0.25, 0.3) is 0 Å². The van der Waals surface area contributed by atoms with Crippen LogP contribution in [0.3, 0.4) is 0 Å². The summed E-state index contributed by atoms with van der Waals surface area (Å²) in [5.74, 6) is 1.51. The van der Waals surface area contributed by atoms with Gasteiger partial charge >= 0.3 is 5.97 Å². The molecular formula is C18H21N3O2. The molecule has 1 aromatic heterocycles. The fourth-order valence-electron chi connectivity index (χ4n) is 3.05. The summed E-state index contributed by atoms with van der Waals surface area (Å²) < 4.78 is 4.83. The molecule has 2 aromatic rings. The van der Waals surface area contributed by atoms with Crippen molar-refractivity contribution in [2.24, 2.45) is 5.92 Å². The van der Waals surface area contributed by atoms with Crippen molar-refractivity contribution in [2.45, 2.75) is 31.7 Å². The minimum absolute atomic E-state index is 0.00289. The van der Waals surface area contributed by atoms with E-state index in [9.17, 15) is 4.79 Å². The quantitative estimate of drug-likeness (QED) is 0.860. The van der Waals surface area contributed by atoms with Gasteiger partial charge in [-0.15, -0.1) is 0 Å². The van der Waals surface area contributed by atoms with Crippen molar-refractivity contribution in [1.29, 1.82) is 0 Å². The molecular weight excluding hydrogens is 290 g/mol. The Morgan fingerprint density at radius 1 is 1.26 bits per heavy atom. The van der Waals surface area contributed by atoms with Gasteiger partial charge in [0.05, 0.1) is 13.0 Å². The SMILES string of the molecule is COC(=O)[C@H]1CC[C@@H](Nc2ccnc(Cc3ccccc3)n2)C1. The van der Waals surface area contributed by atoms with Crippen molar-refractivity contribution in [3.05, 3.63) is 54.0 Å². The summed E-state index contributed by atoms with van der Waals surface area (Å²) in [6.45, 7) is 0. The molecule has 1 aliphatic rings. The summed E-state index contributed by atoms with van der Waals surface area (Å²) in [6.07, 6.45) is 5.11. The van der Waals surface area contributed by atoms with Gasteiger partial charge in [-0.2, -0.15) is 0 Å². The van der Waals surface area contributed by atoms with Gasteiger partial charge in [-0.05, 0) is 30.9 Å². The van der Waals surface area contributed by atoms with Crippen LogP contribution in [-0.2, 0) is 16.0 Å². The van der Waals surface area contributed by atoms with E-state index in [-0.39, 0.29) is 17.9 Å². The maximum absolute atomic E-state index is 11.6. The topological polar surface area (TPSA) is 64.1 Å². The third kappa shape index (κ3) is 4.06. The van der Waals surface area contributed by atoms with Crippen molar-refractivity contribution < 1.29 is 9.53 Å². The molecule has 0 unspecified atom stereocenters. The van der Waals surface area contributed by atoms with Gasteiger partial charge in [-0.25, -0.2) is 9.97 Å². The molecule has 1 aliphatic carbocycles. The van der Waals surface area contributed by atoms with E-state index in [2.05, 4.69) is 27.4 Å². The Morgan fingerprint density at radius 2 is 2.09 bits per heavy atom. The van der Waals surface area contributed by atoms with Gasteiger partial charge in [0.15, 0.2) is 0 Å². The fourth-order valence-corrected chi connectivity index (χ4v) is 3.05. The third-order valence-corrected chi connectivity index (χ3v) is 4.23. The molecule has 5 nitrogen and oxygen atoms in total. The first-order valence-corrected chi connectivity index (χ1v) is 7.95. The smallest absolute Gasteiger partial charge is 0.308 e. The first-order chi connectivity index (χ1) is 11.2. The molecule has 23 heavy (non-hydrogen) atoms. The monoisotopic (exact) mass is 311 g/mol. The summed E-state index contributed by atoms with van der Waals surface area (Å²) in [5, 5.41) is 3.42. The maximum atomic E-state index is 11.6. The van der Waals surface area contributed by atoms with Gasteiger partial charge in [-0.1, -0.05) is 30.3 Å². The first-order valence-electron chi connectivity index (χ1n) is 7.95. The normalized spacial score (nSPS) is 20.2. The van der Waals surface area contributed by atoms with Crippen LogP contribution in [-0.4, -0.2) is 29.1 Å². The van der Waals surface area contributed by atoms with E-state index in [0.29, 0.717) is 6.42 Å². The number of nitrogens with one attached hydrogen (secondary N) is 1. The van der Waals surface area contributed by atoms with E-state index < -0.39 is 0 Å². The highest BCUT2D eigenvalue weighted by atomic mass is 16.5. The van der Waals surface area contributed by atoms with E-state index >= 15 is 0 Å². The molecule has 5 heteroatoms. The number of rotatable bonds is 5. The lowest BCUT2D eigenvalue weighted by atomic mass is 10.1. The number of carbonyl (C=O) groups excluding carboxylic acids is 1. The molecule has 3 rings (SSSR count). The predicted octanol–water partition coefficient (Wildman–Crippen LogP) is 2.82. The molecule has 1 N–H and O–H groups in total. The number of hydrogen-bond donors (Lipinski definition) is 1. The predicted molar refractivity (Wildman–Crippen MR) is 88.0 cm³/mol. The minimum Gasteiger partial charge on any atom is -0.469 e. The van der Waals surface area contributed by atoms with Crippen LogP contribution >= 0.6 is 0 Å². The molecule has 0 radical (unpaired) electrons. The number of aromatic nitrogens is 2. The Labute approximate surface area is 136 Å². The van der Waals surface area contributed by atoms with Gasteiger partial charge < -0.3 is 10.1 Å². The average Bonchev–Trinajstić information content (AvgIpc) is 3.04. The summed E-state index contributed by atoms with van der Waals surface area (Å²) in [6, 6.07) is 12.3. The van der Waals surface area contributed by atoms with Crippen LogP contribution in [0.5, 0.6) is 0 Å². The number of nitrogens with zero attached hydrogens (tertiary/aromatic N) is 2. The lowest BCUT2D eigenvalue weighted by Gasteiger charge is -2.14. The highest BCUT2D eigenvalue weighted by Crippen LogP contribution is 2.28. The number of hydrogen-bond acceptors (Lipinski definition) is 5. The number of esters is 1. The second-order valence-electron chi connectivity index (χ2n) is 5.89. The van der Waals surface area contributed by atoms with Gasteiger partial charge in [0.25, 0.3) is 0 Å². The van der Waals surface area contributed by atoms with E-state index in [1.165, 1.54) is 12.7 Å². The summed E-state index contributed by atoms with van der Waals surface area (Å²) >= 11 is 0. The van der Waals surface area contributed by atoms with Crippen molar-refractivity contribution in [3.8, 4) is 0 Å². The lowest BCUT2D eigenvalue weighted by molar-refractivity contribution is -0.145. The fraction of sp³-hybridized carbons (Fsp3) is 0.389. The third-order valence-electron chi connectivity index (χ3n) is 4.23. The van der Waals surface area contributed by atoms with Crippen LogP contribution in [0.2, 0.25) is 0 Å². The summed E-state index contributed by atoms with van der Waals surface area (Å²) in [4.78, 5) is 20.5. The number of anilines is 1. The number of benzene rings is 1. The van der Waals surface area contributed by atoms with Crippen molar-refractivity contribution in [1.82, 2.24) is 9.97 Å². The Bertz CT molecular complexity index is 660. The Morgan fingerprint density at radius 3 is 2.87 bits per heavy atom. The molecule has 0 spiro atoms. The Balaban J connectivity index is 1.61. The Hall–Kier alpha value is -2.43. The zero-order valence-electron chi connectivity index (χ0n) is 13.2. The lowest BCUT2D eigenvalue weighted by Crippen LogP contribution is -2.19. The molecule has 1 saturated carbocycles. The summed E-state index contributed by atoms with van der Waals surface area (Å²) in [7, 11) is 1.45. The average molecular weight is 311 g/mol. The highest BCUT2D eigenvalue weighted by molar-refractivity contribution is 5.72. The maximum Gasteiger partial charge on any atom is 0.308 e. The van der Waals surface area contributed by atoms with Gasteiger partial charge in [0, 0.05) is 18.7 Å². The second kappa shape index (κ2) is 7.22. The molecule has 1 aromatic carbocycles. The van der Waals surface area contributed by atoms with Crippen LogP contribution in [0, 0.1) is 5.92 Å². The van der Waals surface area contributed by atoms with Crippen molar-refractivity contribution in [3.63, 3.8) is 0 Å². The first kappa shape index (κ1) is 15.5. The van der Waals surface area contributed by atoms with Crippen molar-refractivity contribution >= 4 is 11.8 Å².